The molecule has 166 valence electrons. The number of ether oxygens (including phenoxy) is 2. The molecule has 1 N–H and O–H groups in total. The third-order valence-electron chi connectivity index (χ3n) is 5.30. The molecule has 0 aliphatic carbocycles. The minimum Gasteiger partial charge on any atom is -0.493 e. The summed E-state index contributed by atoms with van der Waals surface area (Å²) < 4.78 is 11.4. The van der Waals surface area contributed by atoms with Crippen LogP contribution in [0.25, 0.3) is 10.8 Å². The Bertz CT molecular complexity index is 1330. The van der Waals surface area contributed by atoms with Gasteiger partial charge in [0.1, 0.15) is 6.61 Å². The van der Waals surface area contributed by atoms with Gasteiger partial charge in [0.05, 0.1) is 18.3 Å². The van der Waals surface area contributed by atoms with Gasteiger partial charge < -0.3 is 9.47 Å². The summed E-state index contributed by atoms with van der Waals surface area (Å²) in [6.45, 7) is 2.40. The van der Waals surface area contributed by atoms with Gasteiger partial charge in [0.15, 0.2) is 11.5 Å². The van der Waals surface area contributed by atoms with E-state index in [1.54, 1.807) is 25.3 Å². The van der Waals surface area contributed by atoms with Crippen LogP contribution in [0.3, 0.4) is 0 Å². The van der Waals surface area contributed by atoms with Gasteiger partial charge in [0.2, 0.25) is 0 Å². The van der Waals surface area contributed by atoms with Crippen LogP contribution in [0.4, 0.5) is 0 Å². The molecular formula is C27H23ClN2O3. The summed E-state index contributed by atoms with van der Waals surface area (Å²) in [5, 5.41) is 6.35. The molecule has 0 heterocycles. The first kappa shape index (κ1) is 22.4. The summed E-state index contributed by atoms with van der Waals surface area (Å²) in [6.07, 6.45) is 1.52. The normalized spacial score (nSPS) is 11.0. The van der Waals surface area contributed by atoms with Crippen molar-refractivity contribution >= 4 is 34.5 Å². The highest BCUT2D eigenvalue weighted by Crippen LogP contribution is 2.36. The van der Waals surface area contributed by atoms with Crippen LogP contribution >= 0.6 is 11.6 Å². The first-order valence-electron chi connectivity index (χ1n) is 10.4. The second-order valence-corrected chi connectivity index (χ2v) is 7.88. The van der Waals surface area contributed by atoms with Gasteiger partial charge in [-0.3, -0.25) is 4.79 Å². The van der Waals surface area contributed by atoms with Gasteiger partial charge in [0, 0.05) is 5.56 Å². The Labute approximate surface area is 197 Å². The number of methoxy groups -OCH3 is 1. The van der Waals surface area contributed by atoms with Crippen LogP contribution < -0.4 is 14.9 Å². The maximum absolute atomic E-state index is 12.6. The number of carbonyl (C=O) groups excluding carboxylic acids is 1. The lowest BCUT2D eigenvalue weighted by Gasteiger charge is -2.14. The SMILES string of the molecule is COc1cc(/C=N\NC(=O)c2cccc3ccccc23)cc(Cl)c1OCc1ccccc1C. The number of amides is 1. The van der Waals surface area contributed by atoms with Gasteiger partial charge in [-0.25, -0.2) is 5.43 Å². The number of hydrogen-bond donors (Lipinski definition) is 1. The maximum Gasteiger partial charge on any atom is 0.271 e. The summed E-state index contributed by atoms with van der Waals surface area (Å²) in [4.78, 5) is 12.6. The molecule has 0 aliphatic rings. The number of carbonyl (C=O) groups is 1. The average molecular weight is 459 g/mol. The molecule has 0 aromatic heterocycles. The van der Waals surface area contributed by atoms with Gasteiger partial charge in [0.25, 0.3) is 5.91 Å². The molecule has 33 heavy (non-hydrogen) atoms. The fourth-order valence-electron chi connectivity index (χ4n) is 3.53. The van der Waals surface area contributed by atoms with Crippen LogP contribution in [-0.2, 0) is 6.61 Å². The van der Waals surface area contributed by atoms with E-state index in [-0.39, 0.29) is 5.91 Å². The van der Waals surface area contributed by atoms with Crippen molar-refractivity contribution in [3.8, 4) is 11.5 Å². The molecule has 5 nitrogen and oxygen atoms in total. The number of nitrogens with zero attached hydrogens (tertiary/aromatic N) is 1. The fourth-order valence-corrected chi connectivity index (χ4v) is 3.80. The summed E-state index contributed by atoms with van der Waals surface area (Å²) >= 11 is 6.47. The van der Waals surface area contributed by atoms with Crippen molar-refractivity contribution < 1.29 is 14.3 Å². The van der Waals surface area contributed by atoms with Crippen molar-refractivity contribution in [2.24, 2.45) is 5.10 Å². The van der Waals surface area contributed by atoms with Crippen molar-refractivity contribution in [2.75, 3.05) is 7.11 Å². The van der Waals surface area contributed by atoms with Gasteiger partial charge in [-0.15, -0.1) is 0 Å². The van der Waals surface area contributed by atoms with Crippen LogP contribution in [0, 0.1) is 6.92 Å². The second kappa shape index (κ2) is 10.2. The highest BCUT2D eigenvalue weighted by Gasteiger charge is 2.13. The lowest BCUT2D eigenvalue weighted by atomic mass is 10.0. The predicted octanol–water partition coefficient (Wildman–Crippen LogP) is 6.15. The number of fused-ring (bicyclic) bond motifs is 1. The van der Waals surface area contributed by atoms with E-state index in [1.165, 1.54) is 6.21 Å². The lowest BCUT2D eigenvalue weighted by Crippen LogP contribution is -2.17. The molecular weight excluding hydrogens is 436 g/mol. The van der Waals surface area contributed by atoms with Crippen molar-refractivity contribution in [3.63, 3.8) is 0 Å². The predicted molar refractivity (Wildman–Crippen MR) is 133 cm³/mol. The number of aryl methyl sites for hydroxylation is 1. The van der Waals surface area contributed by atoms with Crippen molar-refractivity contribution in [1.82, 2.24) is 5.43 Å². The zero-order valence-corrected chi connectivity index (χ0v) is 19.1. The summed E-state index contributed by atoms with van der Waals surface area (Å²) in [5.41, 5.74) is 6.01. The number of hydrazone groups is 1. The Morgan fingerprint density at radius 2 is 1.79 bits per heavy atom. The molecule has 1 amide bonds. The topological polar surface area (TPSA) is 59.9 Å². The number of rotatable bonds is 7. The smallest absolute Gasteiger partial charge is 0.271 e. The number of halogens is 1. The highest BCUT2D eigenvalue weighted by molar-refractivity contribution is 6.32. The lowest BCUT2D eigenvalue weighted by molar-refractivity contribution is 0.0957. The fraction of sp³-hybridized carbons (Fsp3) is 0.111. The third-order valence-corrected chi connectivity index (χ3v) is 5.58. The zero-order valence-electron chi connectivity index (χ0n) is 18.3. The summed E-state index contributed by atoms with van der Waals surface area (Å²) in [6, 6.07) is 24.8. The van der Waals surface area contributed by atoms with Crippen LogP contribution in [0.2, 0.25) is 5.02 Å². The maximum atomic E-state index is 12.6. The van der Waals surface area contributed by atoms with Gasteiger partial charge in [-0.05, 0) is 52.6 Å². The molecule has 4 aromatic rings. The van der Waals surface area contributed by atoms with Crippen LogP contribution in [0.5, 0.6) is 11.5 Å². The standard InChI is InChI=1S/C27H23ClN2O3/c1-18-8-3-4-10-21(18)17-33-26-24(28)14-19(15-25(26)32-2)16-29-30-27(31)23-13-7-11-20-9-5-6-12-22(20)23/h3-16H,17H2,1-2H3,(H,30,31)/b29-16-. The van der Waals surface area contributed by atoms with Crippen molar-refractivity contribution in [1.29, 1.82) is 0 Å². The first-order chi connectivity index (χ1) is 16.1. The average Bonchev–Trinajstić information content (AvgIpc) is 2.83. The van der Waals surface area contributed by atoms with E-state index in [2.05, 4.69) is 10.5 Å². The number of hydrogen-bond acceptors (Lipinski definition) is 4. The molecule has 0 atom stereocenters. The molecule has 0 saturated carbocycles. The number of benzene rings is 4. The monoisotopic (exact) mass is 458 g/mol. The van der Waals surface area contributed by atoms with Crippen LogP contribution in [0.1, 0.15) is 27.0 Å². The Hall–Kier alpha value is -3.83. The van der Waals surface area contributed by atoms with Crippen LogP contribution in [0.15, 0.2) is 84.0 Å². The summed E-state index contributed by atoms with van der Waals surface area (Å²) in [7, 11) is 1.55. The van der Waals surface area contributed by atoms with Gasteiger partial charge >= 0.3 is 0 Å². The van der Waals surface area contributed by atoms with Crippen LogP contribution in [-0.4, -0.2) is 19.2 Å². The van der Waals surface area contributed by atoms with Crippen molar-refractivity contribution in [3.05, 3.63) is 106 Å². The zero-order chi connectivity index (χ0) is 23.2. The van der Waals surface area contributed by atoms with E-state index in [9.17, 15) is 4.79 Å². The van der Waals surface area contributed by atoms with E-state index in [4.69, 9.17) is 21.1 Å². The van der Waals surface area contributed by atoms with E-state index < -0.39 is 0 Å². The molecule has 0 spiro atoms. The van der Waals surface area contributed by atoms with E-state index in [0.29, 0.717) is 34.3 Å². The minimum absolute atomic E-state index is 0.292. The van der Waals surface area contributed by atoms with E-state index in [1.807, 2.05) is 67.6 Å². The largest absolute Gasteiger partial charge is 0.493 e. The molecule has 0 unspecified atom stereocenters. The highest BCUT2D eigenvalue weighted by atomic mass is 35.5. The third kappa shape index (κ3) is 5.16. The Kier molecular flexibility index (Phi) is 6.91. The molecule has 6 heteroatoms. The molecule has 4 aromatic carbocycles. The van der Waals surface area contributed by atoms with Crippen molar-refractivity contribution in [2.45, 2.75) is 13.5 Å². The summed E-state index contributed by atoms with van der Waals surface area (Å²) in [5.74, 6) is 0.650. The van der Waals surface area contributed by atoms with E-state index in [0.717, 1.165) is 21.9 Å². The molecule has 0 bridgehead atoms. The molecule has 0 fully saturated rings. The molecule has 0 aliphatic heterocycles. The van der Waals surface area contributed by atoms with Gasteiger partial charge in [-0.1, -0.05) is 72.3 Å². The Balaban J connectivity index is 1.48. The number of nitrogens with one attached hydrogen (secondary N) is 1. The van der Waals surface area contributed by atoms with Gasteiger partial charge in [-0.2, -0.15) is 5.10 Å². The minimum atomic E-state index is -0.292. The molecule has 0 radical (unpaired) electrons. The Morgan fingerprint density at radius 1 is 1.03 bits per heavy atom. The van der Waals surface area contributed by atoms with E-state index >= 15 is 0 Å². The second-order valence-electron chi connectivity index (χ2n) is 7.48. The quantitative estimate of drug-likeness (QED) is 0.267. The molecule has 4 rings (SSSR count). The first-order valence-corrected chi connectivity index (χ1v) is 10.8. The molecule has 0 saturated heterocycles. The Morgan fingerprint density at radius 3 is 2.61 bits per heavy atom.